The highest BCUT2D eigenvalue weighted by Crippen LogP contribution is 2.34. The first-order valence-electron chi connectivity index (χ1n) is 8.44. The molecular weight excluding hydrogens is 306 g/mol. The molecule has 24 heavy (non-hydrogen) atoms. The lowest BCUT2D eigenvalue weighted by molar-refractivity contribution is -0.152. The number of rotatable bonds is 4. The van der Waals surface area contributed by atoms with Crippen molar-refractivity contribution in [2.75, 3.05) is 32.7 Å². The van der Waals surface area contributed by atoms with Crippen LogP contribution in [0.15, 0.2) is 25.2 Å². The molecule has 3 heterocycles. The molecule has 3 rings (SSSR count). The van der Waals surface area contributed by atoms with Crippen molar-refractivity contribution in [3.05, 3.63) is 30.9 Å². The quantitative estimate of drug-likeness (QED) is 0.826. The van der Waals surface area contributed by atoms with Gasteiger partial charge in [0.25, 0.3) is 5.91 Å². The normalized spacial score (nSPS) is 25.0. The molecule has 0 bridgehead atoms. The van der Waals surface area contributed by atoms with Crippen molar-refractivity contribution in [1.29, 1.82) is 0 Å². The smallest absolute Gasteiger partial charge is 0.271 e. The number of nitrogens with zero attached hydrogens (tertiary/aromatic N) is 4. The van der Waals surface area contributed by atoms with Crippen molar-refractivity contribution in [3.63, 3.8) is 0 Å². The summed E-state index contributed by atoms with van der Waals surface area (Å²) in [7, 11) is 0. The van der Waals surface area contributed by atoms with Crippen molar-refractivity contribution in [2.45, 2.75) is 31.8 Å². The Morgan fingerprint density at radius 3 is 2.88 bits per heavy atom. The maximum atomic E-state index is 13.2. The number of aromatic nitrogens is 2. The molecule has 0 aromatic carbocycles. The van der Waals surface area contributed by atoms with Gasteiger partial charge in [-0.05, 0) is 20.3 Å². The van der Waals surface area contributed by atoms with E-state index in [1.54, 1.807) is 4.90 Å². The zero-order valence-electron chi connectivity index (χ0n) is 14.4. The van der Waals surface area contributed by atoms with Gasteiger partial charge < -0.3 is 14.8 Å². The van der Waals surface area contributed by atoms with Crippen LogP contribution in [0.25, 0.3) is 0 Å². The average Bonchev–Trinajstić information content (AvgIpc) is 3.22. The van der Waals surface area contributed by atoms with Gasteiger partial charge >= 0.3 is 0 Å². The molecule has 2 fully saturated rings. The lowest BCUT2D eigenvalue weighted by atomic mass is 9.90. The lowest BCUT2D eigenvalue weighted by Crippen LogP contribution is -2.68. The molecular formula is C17H25N5O2. The zero-order chi connectivity index (χ0) is 17.3. The minimum Gasteiger partial charge on any atom is -0.341 e. The van der Waals surface area contributed by atoms with Crippen LogP contribution in [0.3, 0.4) is 0 Å². The van der Waals surface area contributed by atoms with Crippen molar-refractivity contribution in [2.24, 2.45) is 0 Å². The van der Waals surface area contributed by atoms with Crippen molar-refractivity contribution >= 4 is 11.8 Å². The summed E-state index contributed by atoms with van der Waals surface area (Å²) in [6, 6.07) is 0.164. The fourth-order valence-electron chi connectivity index (χ4n) is 3.80. The first-order chi connectivity index (χ1) is 11.5. The standard InChI is InChI=1S/C17H25N5O2/c1-4-6-21-8-9-22(13(2)3)16(24)17(21)5-7-20(11-17)15(23)14-10-18-12-19-14/h4,10,12-13H,1,5-9,11H2,2-3H3,(H,18,19). The van der Waals surface area contributed by atoms with Gasteiger partial charge in [0.1, 0.15) is 11.2 Å². The van der Waals surface area contributed by atoms with E-state index in [-0.39, 0.29) is 17.9 Å². The number of nitrogens with one attached hydrogen (secondary N) is 1. The summed E-state index contributed by atoms with van der Waals surface area (Å²) >= 11 is 0. The Labute approximate surface area is 142 Å². The van der Waals surface area contributed by atoms with Gasteiger partial charge in [-0.3, -0.25) is 14.5 Å². The van der Waals surface area contributed by atoms with E-state index in [1.165, 1.54) is 12.5 Å². The minimum atomic E-state index is -0.633. The van der Waals surface area contributed by atoms with Gasteiger partial charge in [0.2, 0.25) is 5.91 Å². The Kier molecular flexibility index (Phi) is 4.45. The van der Waals surface area contributed by atoms with Crippen molar-refractivity contribution in [1.82, 2.24) is 24.7 Å². The predicted octanol–water partition coefficient (Wildman–Crippen LogP) is 0.733. The number of imidazole rings is 1. The van der Waals surface area contributed by atoms with Crippen LogP contribution in [0.4, 0.5) is 0 Å². The molecule has 1 N–H and O–H groups in total. The highest BCUT2D eigenvalue weighted by atomic mass is 16.2. The molecule has 0 aliphatic carbocycles. The zero-order valence-corrected chi connectivity index (χ0v) is 14.4. The third-order valence-corrected chi connectivity index (χ3v) is 5.11. The highest BCUT2D eigenvalue weighted by Gasteiger charge is 2.54. The second kappa shape index (κ2) is 6.39. The number of carbonyl (C=O) groups excluding carboxylic acids is 2. The molecule has 1 spiro atoms. The lowest BCUT2D eigenvalue weighted by Gasteiger charge is -2.48. The van der Waals surface area contributed by atoms with E-state index in [9.17, 15) is 9.59 Å². The number of aromatic amines is 1. The fourth-order valence-corrected chi connectivity index (χ4v) is 3.80. The number of hydrogen-bond donors (Lipinski definition) is 1. The van der Waals surface area contributed by atoms with E-state index in [2.05, 4.69) is 21.4 Å². The predicted molar refractivity (Wildman–Crippen MR) is 90.5 cm³/mol. The van der Waals surface area contributed by atoms with Crippen LogP contribution in [-0.2, 0) is 4.79 Å². The number of piperazine rings is 1. The van der Waals surface area contributed by atoms with E-state index >= 15 is 0 Å². The largest absolute Gasteiger partial charge is 0.341 e. The van der Waals surface area contributed by atoms with Crippen LogP contribution in [-0.4, -0.2) is 80.8 Å². The topological polar surface area (TPSA) is 72.5 Å². The van der Waals surface area contributed by atoms with Crippen molar-refractivity contribution in [3.8, 4) is 0 Å². The summed E-state index contributed by atoms with van der Waals surface area (Å²) in [6.07, 6.45) is 5.51. The number of carbonyl (C=O) groups is 2. The second-order valence-electron chi connectivity index (χ2n) is 6.80. The minimum absolute atomic E-state index is 0.0996. The van der Waals surface area contributed by atoms with Gasteiger partial charge in [0, 0.05) is 38.8 Å². The van der Waals surface area contributed by atoms with Crippen molar-refractivity contribution < 1.29 is 9.59 Å². The second-order valence-corrected chi connectivity index (χ2v) is 6.80. The summed E-state index contributed by atoms with van der Waals surface area (Å²) in [5, 5.41) is 0. The first kappa shape index (κ1) is 16.7. The molecule has 2 saturated heterocycles. The third-order valence-electron chi connectivity index (χ3n) is 5.11. The maximum absolute atomic E-state index is 13.2. The van der Waals surface area contributed by atoms with E-state index in [1.807, 2.05) is 24.8 Å². The molecule has 7 heteroatoms. The molecule has 1 unspecified atom stereocenters. The molecule has 1 aromatic heterocycles. The molecule has 130 valence electrons. The molecule has 2 aliphatic rings. The fraction of sp³-hybridized carbons (Fsp3) is 0.588. The van der Waals surface area contributed by atoms with E-state index in [0.29, 0.717) is 31.7 Å². The molecule has 2 aliphatic heterocycles. The van der Waals surface area contributed by atoms with Gasteiger partial charge in [-0.2, -0.15) is 0 Å². The maximum Gasteiger partial charge on any atom is 0.271 e. The van der Waals surface area contributed by atoms with Crippen LogP contribution in [0.2, 0.25) is 0 Å². The molecule has 7 nitrogen and oxygen atoms in total. The van der Waals surface area contributed by atoms with E-state index < -0.39 is 5.54 Å². The van der Waals surface area contributed by atoms with Crippen LogP contribution >= 0.6 is 0 Å². The number of H-pyrrole nitrogens is 1. The molecule has 2 amide bonds. The van der Waals surface area contributed by atoms with Crippen LogP contribution < -0.4 is 0 Å². The SMILES string of the molecule is C=CCN1CCN(C(C)C)C(=O)C12CCN(C(=O)c1cnc[nH]1)C2. The Hall–Kier alpha value is -2.15. The summed E-state index contributed by atoms with van der Waals surface area (Å²) in [5.41, 5.74) is -0.168. The van der Waals surface area contributed by atoms with Crippen LogP contribution in [0, 0.1) is 0 Å². The van der Waals surface area contributed by atoms with Gasteiger partial charge in [-0.15, -0.1) is 6.58 Å². The molecule has 0 saturated carbocycles. The molecule has 1 atom stereocenters. The van der Waals surface area contributed by atoms with Crippen LogP contribution in [0.1, 0.15) is 30.8 Å². The number of hydrogen-bond acceptors (Lipinski definition) is 4. The van der Waals surface area contributed by atoms with Gasteiger partial charge in [0.15, 0.2) is 0 Å². The van der Waals surface area contributed by atoms with Gasteiger partial charge in [0.05, 0.1) is 12.5 Å². The molecule has 1 aromatic rings. The first-order valence-corrected chi connectivity index (χ1v) is 8.44. The summed E-state index contributed by atoms with van der Waals surface area (Å²) in [6.45, 7) is 11.1. The van der Waals surface area contributed by atoms with E-state index in [4.69, 9.17) is 0 Å². The Morgan fingerprint density at radius 1 is 1.46 bits per heavy atom. The van der Waals surface area contributed by atoms with Crippen LogP contribution in [0.5, 0.6) is 0 Å². The monoisotopic (exact) mass is 331 g/mol. The third kappa shape index (κ3) is 2.62. The number of amides is 2. The highest BCUT2D eigenvalue weighted by molar-refractivity contribution is 5.94. The Balaban J connectivity index is 1.86. The molecule has 0 radical (unpaired) electrons. The summed E-state index contributed by atoms with van der Waals surface area (Å²) < 4.78 is 0. The van der Waals surface area contributed by atoms with Gasteiger partial charge in [-0.25, -0.2) is 4.98 Å². The van der Waals surface area contributed by atoms with Gasteiger partial charge in [-0.1, -0.05) is 6.08 Å². The average molecular weight is 331 g/mol. The summed E-state index contributed by atoms with van der Waals surface area (Å²) in [4.78, 5) is 38.5. The van der Waals surface area contributed by atoms with E-state index in [0.717, 1.165) is 13.1 Å². The Morgan fingerprint density at radius 2 is 2.25 bits per heavy atom. The summed E-state index contributed by atoms with van der Waals surface area (Å²) in [5.74, 6) is 0.0305. The Bertz CT molecular complexity index is 627. The number of likely N-dealkylation sites (tertiary alicyclic amines) is 1.